The predicted molar refractivity (Wildman–Crippen MR) is 106 cm³/mol. The summed E-state index contributed by atoms with van der Waals surface area (Å²) < 4.78 is 11.0. The highest BCUT2D eigenvalue weighted by Gasteiger charge is 2.09. The molecule has 0 radical (unpaired) electrons. The normalized spacial score (nSPS) is 11.3. The number of phenols is 1. The van der Waals surface area contributed by atoms with Gasteiger partial charge < -0.3 is 14.3 Å². The summed E-state index contributed by atoms with van der Waals surface area (Å²) in [5.74, 6) is 1.07. The molecule has 0 unspecified atom stereocenters. The molecule has 27 heavy (non-hydrogen) atoms. The topological polar surface area (TPSA) is 67.9 Å². The molecule has 4 aromatic rings. The Bertz CT molecular complexity index is 1130. The van der Waals surface area contributed by atoms with E-state index in [-0.39, 0.29) is 5.75 Å². The lowest BCUT2D eigenvalue weighted by Crippen LogP contribution is -1.88. The SMILES string of the molecule is COc1cccc(C=Nc2ccc(-c3nc4c(C)cccc4o3)cc2)c1O. The minimum Gasteiger partial charge on any atom is -0.504 e. The third-order valence-electron chi connectivity index (χ3n) is 4.34. The van der Waals surface area contributed by atoms with E-state index >= 15 is 0 Å². The van der Waals surface area contributed by atoms with Crippen LogP contribution >= 0.6 is 0 Å². The third kappa shape index (κ3) is 3.27. The van der Waals surface area contributed by atoms with Crippen molar-refractivity contribution in [2.45, 2.75) is 6.92 Å². The van der Waals surface area contributed by atoms with Gasteiger partial charge >= 0.3 is 0 Å². The standard InChI is InChI=1S/C22H18N2O3/c1-14-5-3-7-18-20(14)24-22(27-18)15-9-11-17(12-10-15)23-13-16-6-4-8-19(26-2)21(16)25/h3-13,25H,1-2H3. The van der Waals surface area contributed by atoms with E-state index in [0.29, 0.717) is 17.2 Å². The summed E-state index contributed by atoms with van der Waals surface area (Å²) in [7, 11) is 1.52. The van der Waals surface area contributed by atoms with Crippen molar-refractivity contribution < 1.29 is 14.3 Å². The van der Waals surface area contributed by atoms with Crippen LogP contribution < -0.4 is 4.74 Å². The number of aromatic nitrogens is 1. The van der Waals surface area contributed by atoms with Gasteiger partial charge in [-0.1, -0.05) is 18.2 Å². The summed E-state index contributed by atoms with van der Waals surface area (Å²) in [5.41, 5.74) is 4.97. The molecule has 0 aliphatic rings. The second-order valence-electron chi connectivity index (χ2n) is 6.14. The molecule has 0 fully saturated rings. The fourth-order valence-electron chi connectivity index (χ4n) is 2.85. The maximum Gasteiger partial charge on any atom is 0.227 e. The van der Waals surface area contributed by atoms with Gasteiger partial charge in [0.1, 0.15) is 5.52 Å². The molecule has 5 nitrogen and oxygen atoms in total. The molecule has 134 valence electrons. The highest BCUT2D eigenvalue weighted by atomic mass is 16.5. The van der Waals surface area contributed by atoms with Gasteiger partial charge in [-0.3, -0.25) is 4.99 Å². The molecule has 0 saturated carbocycles. The number of phenolic OH excluding ortho intramolecular Hbond substituents is 1. The molecule has 1 N–H and O–H groups in total. The molecule has 1 heterocycles. The fraction of sp³-hybridized carbons (Fsp3) is 0.0909. The van der Waals surface area contributed by atoms with E-state index in [1.807, 2.05) is 49.4 Å². The van der Waals surface area contributed by atoms with Crippen LogP contribution in [0.15, 0.2) is 70.1 Å². The van der Waals surface area contributed by atoms with Gasteiger partial charge in [0.25, 0.3) is 0 Å². The Morgan fingerprint density at radius 3 is 2.56 bits per heavy atom. The zero-order valence-electron chi connectivity index (χ0n) is 15.0. The number of aromatic hydroxyl groups is 1. The zero-order chi connectivity index (χ0) is 18.8. The van der Waals surface area contributed by atoms with Crippen LogP contribution in [0.25, 0.3) is 22.6 Å². The van der Waals surface area contributed by atoms with E-state index < -0.39 is 0 Å². The zero-order valence-corrected chi connectivity index (χ0v) is 15.0. The smallest absolute Gasteiger partial charge is 0.227 e. The maximum atomic E-state index is 10.1. The molecule has 0 spiro atoms. The Labute approximate surface area is 156 Å². The molecule has 3 aromatic carbocycles. The number of ether oxygens (including phenoxy) is 1. The Morgan fingerprint density at radius 1 is 1.04 bits per heavy atom. The van der Waals surface area contributed by atoms with Crippen LogP contribution in [0, 0.1) is 6.92 Å². The van der Waals surface area contributed by atoms with Gasteiger partial charge in [0, 0.05) is 17.3 Å². The van der Waals surface area contributed by atoms with Gasteiger partial charge in [-0.2, -0.15) is 0 Å². The summed E-state index contributed by atoms with van der Waals surface area (Å²) in [6.45, 7) is 2.01. The van der Waals surface area contributed by atoms with Crippen molar-refractivity contribution in [2.75, 3.05) is 7.11 Å². The van der Waals surface area contributed by atoms with Crippen LogP contribution in [0.3, 0.4) is 0 Å². The first-order chi connectivity index (χ1) is 13.2. The summed E-state index contributed by atoms with van der Waals surface area (Å²) in [4.78, 5) is 9.00. The summed E-state index contributed by atoms with van der Waals surface area (Å²) >= 11 is 0. The van der Waals surface area contributed by atoms with Gasteiger partial charge in [0.15, 0.2) is 17.1 Å². The molecule has 0 aliphatic carbocycles. The number of aliphatic imine (C=N–C) groups is 1. The number of hydrogen-bond donors (Lipinski definition) is 1. The van der Waals surface area contributed by atoms with Crippen molar-refractivity contribution in [3.8, 4) is 23.0 Å². The quantitative estimate of drug-likeness (QED) is 0.505. The summed E-state index contributed by atoms with van der Waals surface area (Å²) in [6.07, 6.45) is 1.61. The lowest BCUT2D eigenvalue weighted by Gasteiger charge is -2.04. The first-order valence-electron chi connectivity index (χ1n) is 8.52. The second-order valence-corrected chi connectivity index (χ2v) is 6.14. The maximum absolute atomic E-state index is 10.1. The Morgan fingerprint density at radius 2 is 1.81 bits per heavy atom. The Balaban J connectivity index is 1.59. The van der Waals surface area contributed by atoms with Gasteiger partial charge in [-0.05, 0) is 55.0 Å². The number of nitrogens with zero attached hydrogens (tertiary/aromatic N) is 2. The molecule has 0 amide bonds. The van der Waals surface area contributed by atoms with Crippen LogP contribution in [0.2, 0.25) is 0 Å². The third-order valence-corrected chi connectivity index (χ3v) is 4.34. The van der Waals surface area contributed by atoms with Crippen molar-refractivity contribution in [1.29, 1.82) is 0 Å². The first kappa shape index (κ1) is 16.8. The van der Waals surface area contributed by atoms with Crippen LogP contribution in [0.4, 0.5) is 5.69 Å². The van der Waals surface area contributed by atoms with E-state index in [4.69, 9.17) is 9.15 Å². The summed E-state index contributed by atoms with van der Waals surface area (Å²) in [5, 5.41) is 10.1. The lowest BCUT2D eigenvalue weighted by molar-refractivity contribution is 0.373. The summed E-state index contributed by atoms with van der Waals surface area (Å²) in [6, 6.07) is 18.8. The van der Waals surface area contributed by atoms with E-state index in [2.05, 4.69) is 9.98 Å². The molecule has 5 heteroatoms. The van der Waals surface area contributed by atoms with Crippen molar-refractivity contribution in [2.24, 2.45) is 4.99 Å². The highest BCUT2D eigenvalue weighted by Crippen LogP contribution is 2.29. The average Bonchev–Trinajstić information content (AvgIpc) is 3.13. The largest absolute Gasteiger partial charge is 0.504 e. The number of aryl methyl sites for hydroxylation is 1. The number of hydrogen-bond acceptors (Lipinski definition) is 5. The van der Waals surface area contributed by atoms with Crippen LogP contribution in [0.5, 0.6) is 11.5 Å². The number of para-hydroxylation sites is 2. The molecule has 0 saturated heterocycles. The second kappa shape index (κ2) is 6.96. The van der Waals surface area contributed by atoms with E-state index in [1.165, 1.54) is 7.11 Å². The Hall–Kier alpha value is -3.60. The fourth-order valence-corrected chi connectivity index (χ4v) is 2.85. The predicted octanol–water partition coefficient (Wildman–Crippen LogP) is 5.27. The number of methoxy groups -OCH3 is 1. The number of rotatable bonds is 4. The molecule has 0 aliphatic heterocycles. The van der Waals surface area contributed by atoms with Crippen LogP contribution in [-0.2, 0) is 0 Å². The highest BCUT2D eigenvalue weighted by molar-refractivity contribution is 5.86. The number of oxazole rings is 1. The van der Waals surface area contributed by atoms with Crippen molar-refractivity contribution in [3.63, 3.8) is 0 Å². The minimum absolute atomic E-state index is 0.0715. The molecular formula is C22H18N2O3. The minimum atomic E-state index is 0.0715. The van der Waals surface area contributed by atoms with Crippen molar-refractivity contribution in [1.82, 2.24) is 4.98 Å². The molecular weight excluding hydrogens is 340 g/mol. The Kier molecular flexibility index (Phi) is 4.34. The number of benzene rings is 3. The van der Waals surface area contributed by atoms with Crippen molar-refractivity contribution >= 4 is 23.0 Å². The molecule has 4 rings (SSSR count). The van der Waals surface area contributed by atoms with Crippen LogP contribution in [-0.4, -0.2) is 23.4 Å². The lowest BCUT2D eigenvalue weighted by atomic mass is 10.2. The number of fused-ring (bicyclic) bond motifs is 1. The first-order valence-corrected chi connectivity index (χ1v) is 8.52. The van der Waals surface area contributed by atoms with Gasteiger partial charge in [-0.15, -0.1) is 0 Å². The van der Waals surface area contributed by atoms with Crippen molar-refractivity contribution in [3.05, 3.63) is 71.8 Å². The van der Waals surface area contributed by atoms with Crippen LogP contribution in [0.1, 0.15) is 11.1 Å². The molecule has 1 aromatic heterocycles. The molecule has 0 bridgehead atoms. The van der Waals surface area contributed by atoms with E-state index in [0.717, 1.165) is 27.9 Å². The average molecular weight is 358 g/mol. The molecule has 0 atom stereocenters. The van der Waals surface area contributed by atoms with Gasteiger partial charge in [0.05, 0.1) is 12.8 Å². The van der Waals surface area contributed by atoms with Gasteiger partial charge in [0.2, 0.25) is 5.89 Å². The monoisotopic (exact) mass is 358 g/mol. The van der Waals surface area contributed by atoms with Gasteiger partial charge in [-0.25, -0.2) is 4.98 Å². The van der Waals surface area contributed by atoms with E-state index in [1.54, 1.807) is 24.4 Å². The van der Waals surface area contributed by atoms with E-state index in [9.17, 15) is 5.11 Å².